The second-order valence-corrected chi connectivity index (χ2v) is 6.62. The van der Waals surface area contributed by atoms with Crippen LogP contribution in [0.3, 0.4) is 0 Å². The molecule has 0 heterocycles. The first-order valence-corrected chi connectivity index (χ1v) is 9.50. The maximum absolute atomic E-state index is 11.6. The molecule has 0 saturated heterocycles. The van der Waals surface area contributed by atoms with E-state index in [2.05, 4.69) is 9.89 Å². The van der Waals surface area contributed by atoms with Gasteiger partial charge in [-0.2, -0.15) is 0 Å². The van der Waals surface area contributed by atoms with E-state index in [0.29, 0.717) is 23.0 Å². The van der Waals surface area contributed by atoms with E-state index in [9.17, 15) is 9.90 Å². The largest absolute Gasteiger partial charge is 0.506 e. The highest BCUT2D eigenvalue weighted by Gasteiger charge is 2.10. The molecule has 0 bridgehead atoms. The molecule has 1 N–H and O–H groups in total. The van der Waals surface area contributed by atoms with Crippen molar-refractivity contribution in [1.29, 1.82) is 0 Å². The number of anilines is 1. The number of halogens is 2. The summed E-state index contributed by atoms with van der Waals surface area (Å²) in [6.45, 7) is 3.42. The van der Waals surface area contributed by atoms with E-state index in [1.54, 1.807) is 6.21 Å². The SMILES string of the molecule is COC(=O)c1ccc(O)c(N=Cc2ccc(N(CCCl)CCCl)cc2C)c1. The van der Waals surface area contributed by atoms with Crippen molar-refractivity contribution in [2.75, 3.05) is 36.9 Å². The van der Waals surface area contributed by atoms with Gasteiger partial charge >= 0.3 is 5.97 Å². The van der Waals surface area contributed by atoms with Crippen LogP contribution in [0, 0.1) is 6.92 Å². The Hall–Kier alpha value is -2.24. The molecule has 5 nitrogen and oxygen atoms in total. The van der Waals surface area contributed by atoms with Gasteiger partial charge in [0.05, 0.1) is 12.7 Å². The van der Waals surface area contributed by atoms with Crippen molar-refractivity contribution in [3.05, 3.63) is 53.1 Å². The molecule has 2 aromatic carbocycles. The Morgan fingerprint density at radius 3 is 2.48 bits per heavy atom. The first-order valence-electron chi connectivity index (χ1n) is 8.43. The number of ether oxygens (including phenoxy) is 1. The number of carbonyl (C=O) groups excluding carboxylic acids is 1. The Balaban J connectivity index is 2.26. The summed E-state index contributed by atoms with van der Waals surface area (Å²) in [5.74, 6) is 0.554. The van der Waals surface area contributed by atoms with Gasteiger partial charge in [0, 0.05) is 36.8 Å². The number of carbonyl (C=O) groups is 1. The molecule has 7 heteroatoms. The van der Waals surface area contributed by atoms with Gasteiger partial charge < -0.3 is 14.7 Å². The number of aromatic hydroxyl groups is 1. The third kappa shape index (κ3) is 5.62. The predicted octanol–water partition coefficient (Wildman–Crippen LogP) is 4.52. The van der Waals surface area contributed by atoms with Crippen LogP contribution in [0.2, 0.25) is 0 Å². The molecule has 0 aliphatic rings. The number of nitrogens with zero attached hydrogens (tertiary/aromatic N) is 2. The fourth-order valence-corrected chi connectivity index (χ4v) is 2.99. The molecule has 0 atom stereocenters. The van der Waals surface area contributed by atoms with Crippen molar-refractivity contribution in [2.24, 2.45) is 4.99 Å². The molecule has 0 aliphatic carbocycles. The molecular weight excluding hydrogens is 387 g/mol. The highest BCUT2D eigenvalue weighted by molar-refractivity contribution is 6.18. The zero-order valence-corrected chi connectivity index (χ0v) is 16.8. The van der Waals surface area contributed by atoms with Gasteiger partial charge in [0.25, 0.3) is 0 Å². The van der Waals surface area contributed by atoms with Gasteiger partial charge in [0.1, 0.15) is 11.4 Å². The van der Waals surface area contributed by atoms with Crippen LogP contribution in [-0.4, -0.2) is 49.2 Å². The molecule has 2 rings (SSSR count). The van der Waals surface area contributed by atoms with Crippen molar-refractivity contribution in [2.45, 2.75) is 6.92 Å². The summed E-state index contributed by atoms with van der Waals surface area (Å²) in [6.07, 6.45) is 1.66. The van der Waals surface area contributed by atoms with Gasteiger partial charge in [-0.1, -0.05) is 6.07 Å². The van der Waals surface area contributed by atoms with Crippen molar-refractivity contribution < 1.29 is 14.6 Å². The molecule has 0 spiro atoms. The van der Waals surface area contributed by atoms with Gasteiger partial charge in [-0.25, -0.2) is 4.79 Å². The van der Waals surface area contributed by atoms with E-state index in [0.717, 1.165) is 29.9 Å². The van der Waals surface area contributed by atoms with Crippen molar-refractivity contribution in [3.8, 4) is 5.75 Å². The monoisotopic (exact) mass is 408 g/mol. The summed E-state index contributed by atoms with van der Waals surface area (Å²) >= 11 is 11.7. The fraction of sp³-hybridized carbons (Fsp3) is 0.300. The summed E-state index contributed by atoms with van der Waals surface area (Å²) in [6, 6.07) is 10.4. The minimum absolute atomic E-state index is 0.0106. The normalized spacial score (nSPS) is 11.0. The number of benzene rings is 2. The van der Waals surface area contributed by atoms with E-state index < -0.39 is 5.97 Å². The van der Waals surface area contributed by atoms with Crippen LogP contribution in [0.1, 0.15) is 21.5 Å². The number of phenolic OH excluding ortho intramolecular Hbond substituents is 1. The number of hydrogen-bond donors (Lipinski definition) is 1. The van der Waals surface area contributed by atoms with E-state index in [4.69, 9.17) is 27.9 Å². The molecule has 0 aromatic heterocycles. The Morgan fingerprint density at radius 2 is 1.89 bits per heavy atom. The molecule has 0 fully saturated rings. The van der Waals surface area contributed by atoms with Gasteiger partial charge in [0.2, 0.25) is 0 Å². The second-order valence-electron chi connectivity index (χ2n) is 5.86. The summed E-state index contributed by atoms with van der Waals surface area (Å²) in [4.78, 5) is 18.1. The van der Waals surface area contributed by atoms with Crippen molar-refractivity contribution >= 4 is 46.8 Å². The van der Waals surface area contributed by atoms with Crippen LogP contribution in [-0.2, 0) is 4.74 Å². The molecule has 2 aromatic rings. The topological polar surface area (TPSA) is 62.1 Å². The quantitative estimate of drug-likeness (QED) is 0.396. The van der Waals surface area contributed by atoms with Crippen LogP contribution >= 0.6 is 23.2 Å². The zero-order chi connectivity index (χ0) is 19.8. The Bertz CT molecular complexity index is 819. The first kappa shape index (κ1) is 21.1. The van der Waals surface area contributed by atoms with E-state index in [1.807, 2.05) is 25.1 Å². The third-order valence-electron chi connectivity index (χ3n) is 4.07. The van der Waals surface area contributed by atoms with E-state index >= 15 is 0 Å². The van der Waals surface area contributed by atoms with Crippen LogP contribution < -0.4 is 4.90 Å². The molecule has 0 saturated carbocycles. The van der Waals surface area contributed by atoms with Crippen LogP contribution in [0.15, 0.2) is 41.4 Å². The molecule has 0 amide bonds. The third-order valence-corrected chi connectivity index (χ3v) is 4.40. The Kier molecular flexibility index (Phi) is 7.95. The molecule has 27 heavy (non-hydrogen) atoms. The maximum atomic E-state index is 11.6. The lowest BCUT2D eigenvalue weighted by Gasteiger charge is -2.23. The van der Waals surface area contributed by atoms with Crippen LogP contribution in [0.25, 0.3) is 0 Å². The minimum atomic E-state index is -0.481. The summed E-state index contributed by atoms with van der Waals surface area (Å²) in [7, 11) is 1.31. The molecule has 0 aliphatic heterocycles. The number of aliphatic imine (C=N–C) groups is 1. The standard InChI is InChI=1S/C20H22Cl2N2O3/c1-14-11-17(24(9-7-21)10-8-22)5-3-16(14)13-23-18-12-15(20(26)27-2)4-6-19(18)25/h3-6,11-13,25H,7-10H2,1-2H3. The lowest BCUT2D eigenvalue weighted by Crippen LogP contribution is -2.27. The molecule has 0 radical (unpaired) electrons. The van der Waals surface area contributed by atoms with E-state index in [1.165, 1.54) is 25.3 Å². The first-order chi connectivity index (χ1) is 13.0. The zero-order valence-electron chi connectivity index (χ0n) is 15.3. The van der Waals surface area contributed by atoms with Crippen LogP contribution in [0.5, 0.6) is 5.75 Å². The summed E-state index contributed by atoms with van der Waals surface area (Å²) in [5, 5.41) is 9.97. The van der Waals surface area contributed by atoms with Gasteiger partial charge in [0.15, 0.2) is 0 Å². The number of hydrogen-bond acceptors (Lipinski definition) is 5. The van der Waals surface area contributed by atoms with Gasteiger partial charge in [-0.15, -0.1) is 23.2 Å². The average Bonchev–Trinajstić information content (AvgIpc) is 2.67. The fourth-order valence-electron chi connectivity index (χ4n) is 2.59. The number of esters is 1. The Morgan fingerprint density at radius 1 is 1.19 bits per heavy atom. The van der Waals surface area contributed by atoms with Crippen LogP contribution in [0.4, 0.5) is 11.4 Å². The van der Waals surface area contributed by atoms with Gasteiger partial charge in [-0.3, -0.25) is 4.99 Å². The van der Waals surface area contributed by atoms with Crippen molar-refractivity contribution in [1.82, 2.24) is 0 Å². The summed E-state index contributed by atoms with van der Waals surface area (Å²) in [5.41, 5.74) is 3.59. The average molecular weight is 409 g/mol. The number of methoxy groups -OCH3 is 1. The van der Waals surface area contributed by atoms with Gasteiger partial charge in [-0.05, 0) is 48.4 Å². The highest BCUT2D eigenvalue weighted by Crippen LogP contribution is 2.28. The highest BCUT2D eigenvalue weighted by atomic mass is 35.5. The Labute approximate surface area is 169 Å². The van der Waals surface area contributed by atoms with Crippen molar-refractivity contribution in [3.63, 3.8) is 0 Å². The number of rotatable bonds is 8. The lowest BCUT2D eigenvalue weighted by molar-refractivity contribution is 0.0601. The maximum Gasteiger partial charge on any atom is 0.337 e. The summed E-state index contributed by atoms with van der Waals surface area (Å²) < 4.78 is 4.69. The van der Waals surface area contributed by atoms with E-state index in [-0.39, 0.29) is 5.75 Å². The number of aryl methyl sites for hydroxylation is 1. The predicted molar refractivity (Wildman–Crippen MR) is 112 cm³/mol. The lowest BCUT2D eigenvalue weighted by atomic mass is 10.1. The molecule has 0 unspecified atom stereocenters. The molecule has 144 valence electrons. The second kappa shape index (κ2) is 10.2. The smallest absolute Gasteiger partial charge is 0.337 e. The minimum Gasteiger partial charge on any atom is -0.506 e. The number of phenols is 1. The molecular formula is C20H22Cl2N2O3. The number of alkyl halides is 2.